The number of hydrogen-bond donors (Lipinski definition) is 3. The first kappa shape index (κ1) is 20.7. The van der Waals surface area contributed by atoms with E-state index in [4.69, 9.17) is 9.84 Å². The van der Waals surface area contributed by atoms with Gasteiger partial charge in [0, 0.05) is 13.2 Å². The molecule has 0 aromatic heterocycles. The summed E-state index contributed by atoms with van der Waals surface area (Å²) in [5.74, 6) is -1.04. The van der Waals surface area contributed by atoms with Crippen LogP contribution in [0.3, 0.4) is 0 Å². The van der Waals surface area contributed by atoms with Crippen molar-refractivity contribution >= 4 is 12.1 Å². The van der Waals surface area contributed by atoms with E-state index in [2.05, 4.69) is 5.32 Å². The van der Waals surface area contributed by atoms with Gasteiger partial charge in [-0.25, -0.2) is 4.79 Å². The van der Waals surface area contributed by atoms with E-state index >= 15 is 0 Å². The number of aliphatic carboxylic acids is 1. The topological polar surface area (TPSA) is 95.9 Å². The molecular formula is C16H31NO5. The Morgan fingerprint density at radius 2 is 1.73 bits per heavy atom. The van der Waals surface area contributed by atoms with E-state index in [-0.39, 0.29) is 19.1 Å². The van der Waals surface area contributed by atoms with Crippen LogP contribution >= 0.6 is 0 Å². The highest BCUT2D eigenvalue weighted by molar-refractivity contribution is 5.76. The lowest BCUT2D eigenvalue weighted by atomic mass is 9.73. The molecule has 1 unspecified atom stereocenters. The first-order valence-corrected chi connectivity index (χ1v) is 7.86. The molecule has 0 radical (unpaired) electrons. The normalized spacial score (nSPS) is 14.5. The number of aliphatic hydroxyl groups excluding tert-OH is 1. The second kappa shape index (κ2) is 8.98. The summed E-state index contributed by atoms with van der Waals surface area (Å²) in [7, 11) is 0. The fourth-order valence-corrected chi connectivity index (χ4v) is 2.28. The summed E-state index contributed by atoms with van der Waals surface area (Å²) >= 11 is 0. The van der Waals surface area contributed by atoms with Crippen LogP contribution < -0.4 is 5.32 Å². The van der Waals surface area contributed by atoms with Gasteiger partial charge in [-0.05, 0) is 39.5 Å². The number of alkyl carbamates (subject to hydrolysis) is 1. The largest absolute Gasteiger partial charge is 0.481 e. The van der Waals surface area contributed by atoms with Gasteiger partial charge in [0.2, 0.25) is 0 Å². The second-order valence-electron chi connectivity index (χ2n) is 7.01. The van der Waals surface area contributed by atoms with Gasteiger partial charge in [-0.1, -0.05) is 26.7 Å². The van der Waals surface area contributed by atoms with Gasteiger partial charge in [0.25, 0.3) is 0 Å². The molecule has 0 fully saturated rings. The minimum Gasteiger partial charge on any atom is -0.481 e. The van der Waals surface area contributed by atoms with Gasteiger partial charge in [0.05, 0.1) is 5.41 Å². The molecule has 0 aromatic carbocycles. The molecule has 6 heteroatoms. The molecule has 1 amide bonds. The van der Waals surface area contributed by atoms with Gasteiger partial charge in [-0.2, -0.15) is 0 Å². The van der Waals surface area contributed by atoms with Crippen LogP contribution in [0.25, 0.3) is 0 Å². The third-order valence-electron chi connectivity index (χ3n) is 3.76. The molecule has 0 aliphatic carbocycles. The molecule has 0 aliphatic heterocycles. The zero-order chi connectivity index (χ0) is 17.4. The number of aliphatic hydroxyl groups is 1. The number of ether oxygens (including phenoxy) is 1. The first-order valence-electron chi connectivity index (χ1n) is 7.86. The molecule has 0 aromatic rings. The van der Waals surface area contributed by atoms with E-state index in [1.807, 2.05) is 13.8 Å². The average molecular weight is 317 g/mol. The highest BCUT2D eigenvalue weighted by atomic mass is 16.6. The monoisotopic (exact) mass is 317 g/mol. The maximum atomic E-state index is 11.8. The van der Waals surface area contributed by atoms with Crippen LogP contribution in [0.5, 0.6) is 0 Å². The molecule has 0 saturated carbocycles. The molecule has 130 valence electrons. The van der Waals surface area contributed by atoms with Gasteiger partial charge >= 0.3 is 12.1 Å². The van der Waals surface area contributed by atoms with Crippen LogP contribution in [0, 0.1) is 11.3 Å². The van der Waals surface area contributed by atoms with Crippen molar-refractivity contribution in [1.29, 1.82) is 0 Å². The Morgan fingerprint density at radius 1 is 1.14 bits per heavy atom. The number of unbranched alkanes of at least 4 members (excludes halogenated alkanes) is 2. The third kappa shape index (κ3) is 7.11. The molecule has 0 saturated heterocycles. The lowest BCUT2D eigenvalue weighted by molar-refractivity contribution is -0.152. The summed E-state index contributed by atoms with van der Waals surface area (Å²) in [5.41, 5.74) is -1.64. The number of carboxylic acid groups (broad SMARTS) is 1. The van der Waals surface area contributed by atoms with E-state index in [9.17, 15) is 14.7 Å². The van der Waals surface area contributed by atoms with Crippen molar-refractivity contribution in [2.45, 2.75) is 65.9 Å². The molecule has 3 N–H and O–H groups in total. The van der Waals surface area contributed by atoms with Crippen LogP contribution in [0.1, 0.15) is 60.3 Å². The van der Waals surface area contributed by atoms with Crippen molar-refractivity contribution in [1.82, 2.24) is 5.32 Å². The average Bonchev–Trinajstić information content (AvgIpc) is 2.35. The van der Waals surface area contributed by atoms with Crippen LogP contribution in [0.4, 0.5) is 4.79 Å². The first-order chi connectivity index (χ1) is 10.0. The minimum absolute atomic E-state index is 0.0358. The molecule has 0 spiro atoms. The van der Waals surface area contributed by atoms with Crippen LogP contribution in [-0.4, -0.2) is 41.0 Å². The summed E-state index contributed by atoms with van der Waals surface area (Å²) < 4.78 is 5.16. The summed E-state index contributed by atoms with van der Waals surface area (Å²) in [6, 6.07) is 0. The second-order valence-corrected chi connectivity index (χ2v) is 7.01. The molecular weight excluding hydrogens is 286 g/mol. The Hall–Kier alpha value is -1.30. The summed E-state index contributed by atoms with van der Waals surface area (Å²) in [5, 5.41) is 21.1. The number of rotatable bonds is 9. The van der Waals surface area contributed by atoms with E-state index in [1.165, 1.54) is 0 Å². The van der Waals surface area contributed by atoms with Crippen molar-refractivity contribution in [2.24, 2.45) is 11.3 Å². The standard InChI is InChI=1S/C16H31NO5/c1-12(2)16(13(19)20,9-7-6-8-10-18)11-17-14(21)22-15(3,4)5/h12,18H,6-11H2,1-5H3,(H,17,21)(H,19,20). The van der Waals surface area contributed by atoms with Crippen LogP contribution in [-0.2, 0) is 9.53 Å². The highest BCUT2D eigenvalue weighted by Crippen LogP contribution is 2.33. The number of hydrogen-bond acceptors (Lipinski definition) is 4. The van der Waals surface area contributed by atoms with Gasteiger partial charge in [0.1, 0.15) is 5.60 Å². The Bertz CT molecular complexity index is 362. The zero-order valence-corrected chi connectivity index (χ0v) is 14.4. The van der Waals surface area contributed by atoms with Crippen molar-refractivity contribution in [2.75, 3.05) is 13.2 Å². The van der Waals surface area contributed by atoms with E-state index in [0.717, 1.165) is 6.42 Å². The van der Waals surface area contributed by atoms with Crippen molar-refractivity contribution in [3.05, 3.63) is 0 Å². The van der Waals surface area contributed by atoms with Crippen LogP contribution in [0.2, 0.25) is 0 Å². The van der Waals surface area contributed by atoms with Crippen LogP contribution in [0.15, 0.2) is 0 Å². The minimum atomic E-state index is -1.02. The van der Waals surface area contributed by atoms with Crippen molar-refractivity contribution in [3.63, 3.8) is 0 Å². The lowest BCUT2D eigenvalue weighted by Gasteiger charge is -2.34. The van der Waals surface area contributed by atoms with E-state index in [0.29, 0.717) is 19.3 Å². The van der Waals surface area contributed by atoms with E-state index < -0.39 is 23.1 Å². The molecule has 0 heterocycles. The summed E-state index contributed by atoms with van der Waals surface area (Å²) in [4.78, 5) is 23.6. The number of carboxylic acids is 1. The lowest BCUT2D eigenvalue weighted by Crippen LogP contribution is -2.47. The molecule has 1 atom stereocenters. The number of amides is 1. The highest BCUT2D eigenvalue weighted by Gasteiger charge is 2.41. The quantitative estimate of drug-likeness (QED) is 0.568. The Balaban J connectivity index is 4.78. The molecule has 22 heavy (non-hydrogen) atoms. The van der Waals surface area contributed by atoms with Crippen molar-refractivity contribution < 1.29 is 24.5 Å². The maximum absolute atomic E-state index is 11.8. The maximum Gasteiger partial charge on any atom is 0.407 e. The Labute approximate surface area is 133 Å². The van der Waals surface area contributed by atoms with Crippen molar-refractivity contribution in [3.8, 4) is 0 Å². The molecule has 0 bridgehead atoms. The number of carbonyl (C=O) groups excluding carboxylic acids is 1. The smallest absolute Gasteiger partial charge is 0.407 e. The Morgan fingerprint density at radius 3 is 2.14 bits per heavy atom. The zero-order valence-electron chi connectivity index (χ0n) is 14.4. The molecule has 0 aliphatic rings. The predicted octanol–water partition coefficient (Wildman–Crippen LogP) is 2.79. The number of nitrogens with one attached hydrogen (secondary N) is 1. The fraction of sp³-hybridized carbons (Fsp3) is 0.875. The third-order valence-corrected chi connectivity index (χ3v) is 3.76. The fourth-order valence-electron chi connectivity index (χ4n) is 2.28. The SMILES string of the molecule is CC(C)C(CCCCCO)(CNC(=O)OC(C)(C)C)C(=O)O. The molecule has 6 nitrogen and oxygen atoms in total. The summed E-state index contributed by atoms with van der Waals surface area (Å²) in [6.07, 6.45) is 1.98. The van der Waals surface area contributed by atoms with Gasteiger partial charge < -0.3 is 20.3 Å². The predicted molar refractivity (Wildman–Crippen MR) is 84.7 cm³/mol. The van der Waals surface area contributed by atoms with Gasteiger partial charge in [-0.3, -0.25) is 4.79 Å². The number of carbonyl (C=O) groups is 2. The molecule has 0 rings (SSSR count). The van der Waals surface area contributed by atoms with E-state index in [1.54, 1.807) is 20.8 Å². The van der Waals surface area contributed by atoms with Gasteiger partial charge in [0.15, 0.2) is 0 Å². The van der Waals surface area contributed by atoms with Gasteiger partial charge in [-0.15, -0.1) is 0 Å². The summed E-state index contributed by atoms with van der Waals surface area (Å²) in [6.45, 7) is 9.11. The Kier molecular flexibility index (Phi) is 8.45.